The number of nitrogens with one attached hydrogen (secondary N) is 1. The van der Waals surface area contributed by atoms with Crippen LogP contribution in [0.3, 0.4) is 0 Å². The molecule has 1 aromatic carbocycles. The third kappa shape index (κ3) is 4.49. The molecule has 0 spiro atoms. The van der Waals surface area contributed by atoms with Gasteiger partial charge in [0.2, 0.25) is 5.91 Å². The maximum absolute atomic E-state index is 11.6. The molecular formula is C15H24N2O. The maximum Gasteiger partial charge on any atom is 0.237 e. The number of nitrogens with two attached hydrogens (primary N) is 1. The zero-order valence-corrected chi connectivity index (χ0v) is 11.6. The lowest BCUT2D eigenvalue weighted by Gasteiger charge is -2.28. The van der Waals surface area contributed by atoms with Crippen LogP contribution in [0.4, 0.5) is 0 Å². The van der Waals surface area contributed by atoms with E-state index in [4.69, 9.17) is 5.73 Å². The van der Waals surface area contributed by atoms with Gasteiger partial charge < -0.3 is 5.73 Å². The highest BCUT2D eigenvalue weighted by atomic mass is 16.1. The molecule has 0 heterocycles. The number of hydrogen-bond acceptors (Lipinski definition) is 2. The molecule has 0 bridgehead atoms. The van der Waals surface area contributed by atoms with Crippen molar-refractivity contribution in [2.75, 3.05) is 0 Å². The molecule has 1 atom stereocenters. The Kier molecular flexibility index (Phi) is 5.35. The first kappa shape index (κ1) is 14.7. The lowest BCUT2D eigenvalue weighted by Crippen LogP contribution is -2.52. The lowest BCUT2D eigenvalue weighted by atomic mass is 9.91. The van der Waals surface area contributed by atoms with Gasteiger partial charge in [-0.05, 0) is 31.2 Å². The number of amides is 1. The average molecular weight is 248 g/mol. The standard InChI is InChI=1S/C15H24N2O/c1-12(2)9-10-15(3,14(16)18)17-11-13-7-5-4-6-8-13/h4-8,12,17H,9-11H2,1-3H3,(H2,16,18). The van der Waals surface area contributed by atoms with Crippen LogP contribution < -0.4 is 11.1 Å². The predicted molar refractivity (Wildman–Crippen MR) is 75.0 cm³/mol. The summed E-state index contributed by atoms with van der Waals surface area (Å²) in [4.78, 5) is 11.6. The Morgan fingerprint density at radius 3 is 2.44 bits per heavy atom. The summed E-state index contributed by atoms with van der Waals surface area (Å²) in [6.45, 7) is 6.86. The van der Waals surface area contributed by atoms with Crippen molar-refractivity contribution in [3.05, 3.63) is 35.9 Å². The molecular weight excluding hydrogens is 224 g/mol. The first-order valence-electron chi connectivity index (χ1n) is 6.53. The van der Waals surface area contributed by atoms with Crippen molar-refractivity contribution in [2.45, 2.75) is 45.7 Å². The van der Waals surface area contributed by atoms with Crippen molar-refractivity contribution in [1.82, 2.24) is 5.32 Å². The Labute approximate surface area is 110 Å². The molecule has 0 aromatic heterocycles. The quantitative estimate of drug-likeness (QED) is 0.778. The Morgan fingerprint density at radius 1 is 1.33 bits per heavy atom. The molecule has 3 N–H and O–H groups in total. The van der Waals surface area contributed by atoms with Crippen LogP contribution >= 0.6 is 0 Å². The summed E-state index contributed by atoms with van der Waals surface area (Å²) in [5, 5.41) is 3.29. The number of rotatable bonds is 7. The fraction of sp³-hybridized carbons (Fsp3) is 0.533. The number of carbonyl (C=O) groups is 1. The van der Waals surface area contributed by atoms with Gasteiger partial charge in [0.15, 0.2) is 0 Å². The minimum atomic E-state index is -0.625. The van der Waals surface area contributed by atoms with Gasteiger partial charge in [-0.2, -0.15) is 0 Å². The maximum atomic E-state index is 11.6. The van der Waals surface area contributed by atoms with Crippen LogP contribution in [-0.4, -0.2) is 11.4 Å². The highest BCUT2D eigenvalue weighted by Gasteiger charge is 2.30. The first-order chi connectivity index (χ1) is 8.44. The van der Waals surface area contributed by atoms with E-state index in [1.807, 2.05) is 37.3 Å². The smallest absolute Gasteiger partial charge is 0.237 e. The van der Waals surface area contributed by atoms with E-state index in [0.29, 0.717) is 12.5 Å². The molecule has 1 unspecified atom stereocenters. The third-order valence-corrected chi connectivity index (χ3v) is 3.29. The van der Waals surface area contributed by atoms with E-state index in [2.05, 4.69) is 19.2 Å². The zero-order chi connectivity index (χ0) is 13.6. The van der Waals surface area contributed by atoms with Crippen LogP contribution in [0.1, 0.15) is 39.2 Å². The van der Waals surface area contributed by atoms with Crippen LogP contribution in [0.5, 0.6) is 0 Å². The predicted octanol–water partition coefficient (Wildman–Crippen LogP) is 2.46. The average Bonchev–Trinajstić information content (AvgIpc) is 2.35. The molecule has 0 aliphatic heterocycles. The van der Waals surface area contributed by atoms with E-state index in [-0.39, 0.29) is 5.91 Å². The van der Waals surface area contributed by atoms with Gasteiger partial charge in [0.1, 0.15) is 0 Å². The summed E-state index contributed by atoms with van der Waals surface area (Å²) < 4.78 is 0. The molecule has 0 saturated carbocycles. The summed E-state index contributed by atoms with van der Waals surface area (Å²) in [6.07, 6.45) is 1.76. The molecule has 18 heavy (non-hydrogen) atoms. The molecule has 1 aromatic rings. The van der Waals surface area contributed by atoms with Gasteiger partial charge in [0.05, 0.1) is 5.54 Å². The molecule has 0 saturated heterocycles. The number of benzene rings is 1. The highest BCUT2D eigenvalue weighted by Crippen LogP contribution is 2.17. The number of carbonyl (C=O) groups excluding carboxylic acids is 1. The normalized spacial score (nSPS) is 14.4. The molecule has 100 valence electrons. The van der Waals surface area contributed by atoms with Crippen molar-refractivity contribution in [3.63, 3.8) is 0 Å². The fourth-order valence-electron chi connectivity index (χ4n) is 1.77. The zero-order valence-electron chi connectivity index (χ0n) is 11.6. The number of hydrogen-bond donors (Lipinski definition) is 2. The van der Waals surface area contributed by atoms with Crippen LogP contribution in [0.15, 0.2) is 30.3 Å². The topological polar surface area (TPSA) is 55.1 Å². The van der Waals surface area contributed by atoms with Crippen LogP contribution in [0, 0.1) is 5.92 Å². The molecule has 3 nitrogen and oxygen atoms in total. The lowest BCUT2D eigenvalue weighted by molar-refractivity contribution is -0.124. The first-order valence-corrected chi connectivity index (χ1v) is 6.53. The molecule has 0 aliphatic rings. The van der Waals surface area contributed by atoms with Crippen molar-refractivity contribution in [2.24, 2.45) is 11.7 Å². The molecule has 3 heteroatoms. The van der Waals surface area contributed by atoms with Crippen molar-refractivity contribution in [1.29, 1.82) is 0 Å². The fourth-order valence-corrected chi connectivity index (χ4v) is 1.77. The van der Waals surface area contributed by atoms with E-state index in [1.165, 1.54) is 0 Å². The monoisotopic (exact) mass is 248 g/mol. The molecule has 1 rings (SSSR count). The van der Waals surface area contributed by atoms with Crippen molar-refractivity contribution in [3.8, 4) is 0 Å². The Bertz CT molecular complexity index is 375. The third-order valence-electron chi connectivity index (χ3n) is 3.29. The summed E-state index contributed by atoms with van der Waals surface area (Å²) >= 11 is 0. The second-order valence-electron chi connectivity index (χ2n) is 5.47. The molecule has 0 fully saturated rings. The van der Waals surface area contributed by atoms with Crippen LogP contribution in [-0.2, 0) is 11.3 Å². The van der Waals surface area contributed by atoms with Gasteiger partial charge in [0, 0.05) is 6.54 Å². The van der Waals surface area contributed by atoms with Gasteiger partial charge in [0.25, 0.3) is 0 Å². The molecule has 0 aliphatic carbocycles. The minimum Gasteiger partial charge on any atom is -0.368 e. The molecule has 0 radical (unpaired) electrons. The largest absolute Gasteiger partial charge is 0.368 e. The second kappa shape index (κ2) is 6.55. The van der Waals surface area contributed by atoms with Gasteiger partial charge in [-0.25, -0.2) is 0 Å². The van der Waals surface area contributed by atoms with Gasteiger partial charge >= 0.3 is 0 Å². The van der Waals surface area contributed by atoms with Crippen molar-refractivity contribution < 1.29 is 4.79 Å². The van der Waals surface area contributed by atoms with Gasteiger partial charge in [-0.15, -0.1) is 0 Å². The van der Waals surface area contributed by atoms with Crippen LogP contribution in [0.25, 0.3) is 0 Å². The van der Waals surface area contributed by atoms with E-state index in [1.54, 1.807) is 0 Å². The van der Waals surface area contributed by atoms with E-state index < -0.39 is 5.54 Å². The van der Waals surface area contributed by atoms with E-state index >= 15 is 0 Å². The van der Waals surface area contributed by atoms with E-state index in [0.717, 1.165) is 18.4 Å². The van der Waals surface area contributed by atoms with Crippen LogP contribution in [0.2, 0.25) is 0 Å². The molecule has 1 amide bonds. The second-order valence-corrected chi connectivity index (χ2v) is 5.47. The van der Waals surface area contributed by atoms with Gasteiger partial charge in [-0.1, -0.05) is 44.2 Å². The summed E-state index contributed by atoms with van der Waals surface area (Å²) in [5.41, 5.74) is 6.06. The van der Waals surface area contributed by atoms with Gasteiger partial charge in [-0.3, -0.25) is 10.1 Å². The number of primary amides is 1. The Hall–Kier alpha value is -1.35. The SMILES string of the molecule is CC(C)CCC(C)(NCc1ccccc1)C(N)=O. The van der Waals surface area contributed by atoms with E-state index in [9.17, 15) is 4.79 Å². The highest BCUT2D eigenvalue weighted by molar-refractivity contribution is 5.84. The Morgan fingerprint density at radius 2 is 1.94 bits per heavy atom. The minimum absolute atomic E-state index is 0.279. The summed E-state index contributed by atoms with van der Waals surface area (Å²) in [6, 6.07) is 10.0. The van der Waals surface area contributed by atoms with Crippen molar-refractivity contribution >= 4 is 5.91 Å². The Balaban J connectivity index is 2.60. The summed E-state index contributed by atoms with van der Waals surface area (Å²) in [7, 11) is 0. The summed E-state index contributed by atoms with van der Waals surface area (Å²) in [5.74, 6) is 0.293.